The molecule has 0 spiro atoms. The van der Waals surface area contributed by atoms with Crippen LogP contribution in [0.25, 0.3) is 0 Å². The van der Waals surface area contributed by atoms with Gasteiger partial charge in [-0.3, -0.25) is 9.78 Å². The van der Waals surface area contributed by atoms with Gasteiger partial charge in [0.25, 0.3) is 5.91 Å². The maximum Gasteiger partial charge on any atom is 0.272 e. The van der Waals surface area contributed by atoms with E-state index in [-0.39, 0.29) is 5.91 Å². The Balaban J connectivity index is 2.18. The van der Waals surface area contributed by atoms with Crippen LogP contribution in [0.3, 0.4) is 0 Å². The van der Waals surface area contributed by atoms with E-state index in [1.165, 1.54) is 26.6 Å². The van der Waals surface area contributed by atoms with Crippen LogP contribution in [0.15, 0.2) is 41.8 Å². The number of hydrazone groups is 1. The van der Waals surface area contributed by atoms with Crippen molar-refractivity contribution in [2.75, 3.05) is 21.3 Å². The molecule has 7 nitrogen and oxygen atoms in total. The fourth-order valence-corrected chi connectivity index (χ4v) is 1.95. The zero-order chi connectivity index (χ0) is 16.7. The molecule has 1 amide bonds. The number of methoxy groups -OCH3 is 3. The van der Waals surface area contributed by atoms with E-state index >= 15 is 0 Å². The Morgan fingerprint density at radius 2 is 1.91 bits per heavy atom. The van der Waals surface area contributed by atoms with Gasteiger partial charge in [0.1, 0.15) is 0 Å². The molecular weight excluding hydrogens is 298 g/mol. The van der Waals surface area contributed by atoms with Gasteiger partial charge < -0.3 is 14.2 Å². The zero-order valence-corrected chi connectivity index (χ0v) is 13.1. The third-order valence-electron chi connectivity index (χ3n) is 3.03. The van der Waals surface area contributed by atoms with Crippen molar-refractivity contribution in [1.82, 2.24) is 10.4 Å². The van der Waals surface area contributed by atoms with E-state index in [2.05, 4.69) is 15.5 Å². The van der Waals surface area contributed by atoms with Crippen molar-refractivity contribution in [3.63, 3.8) is 0 Å². The summed E-state index contributed by atoms with van der Waals surface area (Å²) < 4.78 is 15.8. The summed E-state index contributed by atoms with van der Waals surface area (Å²) in [5, 5.41) is 3.93. The number of benzene rings is 1. The van der Waals surface area contributed by atoms with Crippen molar-refractivity contribution >= 4 is 12.1 Å². The average molecular weight is 315 g/mol. The molecular formula is C16H17N3O4. The Morgan fingerprint density at radius 3 is 2.52 bits per heavy atom. The average Bonchev–Trinajstić information content (AvgIpc) is 2.61. The fourth-order valence-electron chi connectivity index (χ4n) is 1.95. The predicted octanol–water partition coefficient (Wildman–Crippen LogP) is 1.87. The summed E-state index contributed by atoms with van der Waals surface area (Å²) >= 11 is 0. The van der Waals surface area contributed by atoms with Crippen LogP contribution in [0.1, 0.15) is 15.9 Å². The lowest BCUT2D eigenvalue weighted by Gasteiger charge is -2.13. The minimum Gasteiger partial charge on any atom is -0.493 e. The van der Waals surface area contributed by atoms with Crippen LogP contribution >= 0.6 is 0 Å². The third-order valence-corrected chi connectivity index (χ3v) is 3.03. The van der Waals surface area contributed by atoms with E-state index in [9.17, 15) is 4.79 Å². The number of hydrogen-bond acceptors (Lipinski definition) is 6. The maximum atomic E-state index is 11.9. The van der Waals surface area contributed by atoms with Crippen LogP contribution < -0.4 is 19.6 Å². The highest BCUT2D eigenvalue weighted by Crippen LogP contribution is 2.38. The van der Waals surface area contributed by atoms with Crippen molar-refractivity contribution in [2.24, 2.45) is 5.10 Å². The van der Waals surface area contributed by atoms with Crippen molar-refractivity contribution in [3.05, 3.63) is 47.8 Å². The van der Waals surface area contributed by atoms with E-state index < -0.39 is 0 Å². The van der Waals surface area contributed by atoms with E-state index in [1.54, 1.807) is 37.6 Å². The highest BCUT2D eigenvalue weighted by molar-refractivity contribution is 5.95. The van der Waals surface area contributed by atoms with E-state index in [0.717, 1.165) is 0 Å². The van der Waals surface area contributed by atoms with Gasteiger partial charge in [-0.05, 0) is 24.3 Å². The summed E-state index contributed by atoms with van der Waals surface area (Å²) in [7, 11) is 4.58. The molecule has 0 bridgehead atoms. The highest BCUT2D eigenvalue weighted by atomic mass is 16.5. The van der Waals surface area contributed by atoms with Gasteiger partial charge >= 0.3 is 0 Å². The van der Waals surface area contributed by atoms with Crippen LogP contribution in [0, 0.1) is 0 Å². The molecule has 2 aromatic rings. The fraction of sp³-hybridized carbons (Fsp3) is 0.188. The normalized spacial score (nSPS) is 10.4. The number of nitrogens with zero attached hydrogens (tertiary/aromatic N) is 2. The molecule has 2 rings (SSSR count). The van der Waals surface area contributed by atoms with Gasteiger partial charge in [0.15, 0.2) is 11.5 Å². The van der Waals surface area contributed by atoms with Crippen LogP contribution in [0.5, 0.6) is 17.2 Å². The molecule has 1 aromatic heterocycles. The molecule has 0 fully saturated rings. The molecule has 0 saturated carbocycles. The van der Waals surface area contributed by atoms with Crippen molar-refractivity contribution in [3.8, 4) is 17.2 Å². The lowest BCUT2D eigenvalue weighted by atomic mass is 10.2. The van der Waals surface area contributed by atoms with Crippen LogP contribution in [0.4, 0.5) is 0 Å². The van der Waals surface area contributed by atoms with Gasteiger partial charge in [0.2, 0.25) is 5.75 Å². The van der Waals surface area contributed by atoms with E-state index in [4.69, 9.17) is 14.2 Å². The molecule has 1 N–H and O–H groups in total. The summed E-state index contributed by atoms with van der Waals surface area (Å²) in [5.41, 5.74) is 3.48. The molecule has 23 heavy (non-hydrogen) atoms. The van der Waals surface area contributed by atoms with Gasteiger partial charge in [-0.2, -0.15) is 5.10 Å². The third kappa shape index (κ3) is 3.76. The van der Waals surface area contributed by atoms with Gasteiger partial charge in [-0.1, -0.05) is 0 Å². The largest absolute Gasteiger partial charge is 0.493 e. The first-order valence-electron chi connectivity index (χ1n) is 6.73. The summed E-state index contributed by atoms with van der Waals surface area (Å²) in [4.78, 5) is 15.8. The van der Waals surface area contributed by atoms with Crippen molar-refractivity contribution < 1.29 is 19.0 Å². The maximum absolute atomic E-state index is 11.9. The topological polar surface area (TPSA) is 82.0 Å². The predicted molar refractivity (Wildman–Crippen MR) is 85.4 cm³/mol. The van der Waals surface area contributed by atoms with Gasteiger partial charge in [-0.25, -0.2) is 5.43 Å². The summed E-state index contributed by atoms with van der Waals surface area (Å²) in [5.74, 6) is 1.11. The quantitative estimate of drug-likeness (QED) is 0.650. The molecule has 0 aliphatic heterocycles. The van der Waals surface area contributed by atoms with Gasteiger partial charge in [-0.15, -0.1) is 0 Å². The Morgan fingerprint density at radius 1 is 1.13 bits per heavy atom. The van der Waals surface area contributed by atoms with E-state index in [1.807, 2.05) is 0 Å². The minimum absolute atomic E-state index is 0.353. The second kappa shape index (κ2) is 7.79. The molecule has 0 radical (unpaired) electrons. The highest BCUT2D eigenvalue weighted by Gasteiger charge is 2.14. The number of aromatic nitrogens is 1. The molecule has 7 heteroatoms. The van der Waals surface area contributed by atoms with Crippen LogP contribution in [-0.4, -0.2) is 38.4 Å². The molecule has 0 aliphatic rings. The van der Waals surface area contributed by atoms with E-state index in [0.29, 0.717) is 28.4 Å². The molecule has 0 atom stereocenters. The summed E-state index contributed by atoms with van der Waals surface area (Å²) in [6, 6.07) is 6.80. The SMILES string of the molecule is COc1ccc(C=NNC(=O)c2cccnc2)c(OC)c1OC. The summed E-state index contributed by atoms with van der Waals surface area (Å²) in [6.45, 7) is 0. The number of carbonyl (C=O) groups excluding carboxylic acids is 1. The first-order valence-corrected chi connectivity index (χ1v) is 6.73. The molecule has 0 saturated heterocycles. The van der Waals surface area contributed by atoms with Crippen LogP contribution in [0.2, 0.25) is 0 Å². The Labute approximate surface area is 133 Å². The first kappa shape index (κ1) is 16.3. The van der Waals surface area contributed by atoms with Crippen molar-refractivity contribution in [2.45, 2.75) is 0 Å². The zero-order valence-electron chi connectivity index (χ0n) is 13.1. The number of amides is 1. The number of carbonyl (C=O) groups is 1. The summed E-state index contributed by atoms with van der Waals surface area (Å²) in [6.07, 6.45) is 4.52. The van der Waals surface area contributed by atoms with Gasteiger partial charge in [0.05, 0.1) is 33.1 Å². The standard InChI is InChI=1S/C16H17N3O4/c1-21-13-7-6-11(14(22-2)15(13)23-3)10-18-19-16(20)12-5-4-8-17-9-12/h4-10H,1-3H3,(H,19,20). The monoisotopic (exact) mass is 315 g/mol. The molecule has 0 aliphatic carbocycles. The number of pyridine rings is 1. The van der Waals surface area contributed by atoms with Crippen LogP contribution in [-0.2, 0) is 0 Å². The Hall–Kier alpha value is -3.09. The first-order chi connectivity index (χ1) is 11.2. The number of ether oxygens (including phenoxy) is 3. The second-order valence-electron chi connectivity index (χ2n) is 4.36. The second-order valence-corrected chi connectivity index (χ2v) is 4.36. The molecule has 120 valence electrons. The van der Waals surface area contributed by atoms with Crippen molar-refractivity contribution in [1.29, 1.82) is 0 Å². The smallest absolute Gasteiger partial charge is 0.272 e. The molecule has 1 aromatic carbocycles. The molecule has 1 heterocycles. The number of rotatable bonds is 6. The Bertz CT molecular complexity index is 702. The Kier molecular flexibility index (Phi) is 5.51. The molecule has 0 unspecified atom stereocenters. The lowest BCUT2D eigenvalue weighted by Crippen LogP contribution is -2.17. The lowest BCUT2D eigenvalue weighted by molar-refractivity contribution is 0.0954. The number of nitrogens with one attached hydrogen (secondary N) is 1. The minimum atomic E-state index is -0.353. The van der Waals surface area contributed by atoms with Gasteiger partial charge in [0, 0.05) is 18.0 Å². The number of hydrogen-bond donors (Lipinski definition) is 1.